The van der Waals surface area contributed by atoms with E-state index >= 15 is 0 Å². The fourth-order valence-electron chi connectivity index (χ4n) is 2.31. The number of carbonyl (C=O) groups excluding carboxylic acids is 2. The van der Waals surface area contributed by atoms with E-state index in [0.29, 0.717) is 27.9 Å². The third-order valence-corrected chi connectivity index (χ3v) is 4.85. The van der Waals surface area contributed by atoms with Gasteiger partial charge in [0.25, 0.3) is 0 Å². The smallest absolute Gasteiger partial charge is 0.407 e. The fraction of sp³-hybridized carbons (Fsp3) is 0.421. The molecule has 1 heterocycles. The molecule has 0 bridgehead atoms. The first-order valence-corrected chi connectivity index (χ1v) is 9.31. The number of esters is 1. The average molecular weight is 392 g/mol. The Morgan fingerprint density at radius 3 is 2.63 bits per heavy atom. The molecule has 0 aliphatic carbocycles. The maximum absolute atomic E-state index is 11.8. The van der Waals surface area contributed by atoms with Gasteiger partial charge >= 0.3 is 12.1 Å². The van der Waals surface area contributed by atoms with Gasteiger partial charge in [0.05, 0.1) is 26.5 Å². The topological polar surface area (TPSA) is 86.8 Å². The molecule has 1 aromatic heterocycles. The number of methoxy groups -OCH3 is 2. The van der Waals surface area contributed by atoms with Gasteiger partial charge in [-0.1, -0.05) is 13.8 Å². The van der Waals surface area contributed by atoms with Crippen LogP contribution in [0.1, 0.15) is 34.8 Å². The minimum atomic E-state index is -0.478. The standard InChI is InChI=1S/C19H24N2O5S/c1-11(2)10-26-19(23)20-9-14-8-13(6-7-15(14)24-4)17-21-12(3)16(27-17)18(22)25-5/h6-8,11H,9-10H2,1-5H3,(H,20,23). The lowest BCUT2D eigenvalue weighted by Crippen LogP contribution is -2.25. The molecule has 7 nitrogen and oxygen atoms in total. The Morgan fingerprint density at radius 2 is 2.00 bits per heavy atom. The van der Waals surface area contributed by atoms with Crippen molar-refractivity contribution in [2.24, 2.45) is 5.92 Å². The molecule has 0 spiro atoms. The molecule has 0 radical (unpaired) electrons. The number of nitrogens with zero attached hydrogens (tertiary/aromatic N) is 1. The molecule has 0 unspecified atom stereocenters. The van der Waals surface area contributed by atoms with Crippen LogP contribution in [0.25, 0.3) is 10.6 Å². The average Bonchev–Trinajstić information content (AvgIpc) is 3.05. The molecule has 0 saturated heterocycles. The molecule has 0 aliphatic heterocycles. The third-order valence-electron chi connectivity index (χ3n) is 3.67. The predicted molar refractivity (Wildman–Crippen MR) is 103 cm³/mol. The van der Waals surface area contributed by atoms with E-state index < -0.39 is 12.1 Å². The van der Waals surface area contributed by atoms with E-state index in [0.717, 1.165) is 11.1 Å². The zero-order chi connectivity index (χ0) is 20.0. The molecule has 0 atom stereocenters. The van der Waals surface area contributed by atoms with E-state index in [1.807, 2.05) is 26.0 Å². The summed E-state index contributed by atoms with van der Waals surface area (Å²) in [5, 5.41) is 3.41. The quantitative estimate of drug-likeness (QED) is 0.721. The maximum atomic E-state index is 11.8. The van der Waals surface area contributed by atoms with Gasteiger partial charge in [0, 0.05) is 17.7 Å². The number of alkyl carbamates (subject to hydrolysis) is 1. The molecular formula is C19H24N2O5S. The highest BCUT2D eigenvalue weighted by Crippen LogP contribution is 2.31. The van der Waals surface area contributed by atoms with E-state index in [4.69, 9.17) is 14.2 Å². The van der Waals surface area contributed by atoms with Gasteiger partial charge in [-0.3, -0.25) is 0 Å². The number of benzene rings is 1. The zero-order valence-corrected chi connectivity index (χ0v) is 16.9. The second-order valence-electron chi connectivity index (χ2n) is 6.30. The van der Waals surface area contributed by atoms with Crippen LogP contribution in [0, 0.1) is 12.8 Å². The van der Waals surface area contributed by atoms with Crippen LogP contribution >= 0.6 is 11.3 Å². The molecule has 2 rings (SSSR count). The lowest BCUT2D eigenvalue weighted by Gasteiger charge is -2.12. The van der Waals surface area contributed by atoms with Crippen LogP contribution in [0.5, 0.6) is 5.75 Å². The van der Waals surface area contributed by atoms with E-state index in [-0.39, 0.29) is 12.5 Å². The first kappa shape index (κ1) is 20.7. The van der Waals surface area contributed by atoms with Crippen LogP contribution in [0.2, 0.25) is 0 Å². The molecule has 0 fully saturated rings. The second-order valence-corrected chi connectivity index (χ2v) is 7.30. The second kappa shape index (κ2) is 9.36. The first-order chi connectivity index (χ1) is 12.8. The van der Waals surface area contributed by atoms with Crippen molar-refractivity contribution in [3.8, 4) is 16.3 Å². The number of amides is 1. The number of carbonyl (C=O) groups is 2. The summed E-state index contributed by atoms with van der Waals surface area (Å²) in [5.41, 5.74) is 2.23. The van der Waals surface area contributed by atoms with Crippen molar-refractivity contribution < 1.29 is 23.8 Å². The van der Waals surface area contributed by atoms with Gasteiger partial charge in [-0.2, -0.15) is 0 Å². The maximum Gasteiger partial charge on any atom is 0.407 e. The highest BCUT2D eigenvalue weighted by Gasteiger charge is 2.17. The molecule has 8 heteroatoms. The number of aryl methyl sites for hydroxylation is 1. The monoisotopic (exact) mass is 392 g/mol. The summed E-state index contributed by atoms with van der Waals surface area (Å²) in [6.07, 6.45) is -0.478. The number of aromatic nitrogens is 1. The van der Waals surface area contributed by atoms with Crippen molar-refractivity contribution in [3.05, 3.63) is 34.3 Å². The van der Waals surface area contributed by atoms with E-state index in [1.165, 1.54) is 18.4 Å². The molecular weight excluding hydrogens is 368 g/mol. The van der Waals surface area contributed by atoms with Gasteiger partial charge in [0.1, 0.15) is 15.6 Å². The van der Waals surface area contributed by atoms with Crippen LogP contribution < -0.4 is 10.1 Å². The normalized spacial score (nSPS) is 10.6. The number of hydrogen-bond acceptors (Lipinski definition) is 7. The van der Waals surface area contributed by atoms with Crippen molar-refractivity contribution in [2.75, 3.05) is 20.8 Å². The summed E-state index contributed by atoms with van der Waals surface area (Å²) in [6.45, 7) is 6.32. The molecule has 0 saturated carbocycles. The summed E-state index contributed by atoms with van der Waals surface area (Å²) < 4.78 is 15.3. The summed E-state index contributed by atoms with van der Waals surface area (Å²) in [4.78, 5) is 28.5. The lowest BCUT2D eigenvalue weighted by molar-refractivity contribution is 0.0605. The largest absolute Gasteiger partial charge is 0.496 e. The summed E-state index contributed by atoms with van der Waals surface area (Å²) in [7, 11) is 2.91. The summed E-state index contributed by atoms with van der Waals surface area (Å²) >= 11 is 1.26. The van der Waals surface area contributed by atoms with E-state index in [1.54, 1.807) is 20.1 Å². The Hall–Kier alpha value is -2.61. The van der Waals surface area contributed by atoms with Crippen LogP contribution in [-0.4, -0.2) is 37.9 Å². The molecule has 0 aliphatic rings. The first-order valence-electron chi connectivity index (χ1n) is 8.49. The van der Waals surface area contributed by atoms with Gasteiger partial charge in [-0.15, -0.1) is 11.3 Å². The minimum Gasteiger partial charge on any atom is -0.496 e. The van der Waals surface area contributed by atoms with Crippen LogP contribution in [0.3, 0.4) is 0 Å². The minimum absolute atomic E-state index is 0.252. The third kappa shape index (κ3) is 5.43. The number of nitrogens with one attached hydrogen (secondary N) is 1. The Kier molecular flexibility index (Phi) is 7.18. The van der Waals surface area contributed by atoms with E-state index in [9.17, 15) is 9.59 Å². The number of hydrogen-bond donors (Lipinski definition) is 1. The Bertz CT molecular complexity index is 816. The molecule has 1 aromatic carbocycles. The van der Waals surface area contributed by atoms with Crippen LogP contribution in [0.15, 0.2) is 18.2 Å². The predicted octanol–water partition coefficient (Wildman–Crippen LogP) is 3.80. The van der Waals surface area contributed by atoms with Gasteiger partial charge in [0.2, 0.25) is 0 Å². The van der Waals surface area contributed by atoms with Gasteiger partial charge in [-0.05, 0) is 31.0 Å². The van der Waals surface area contributed by atoms with E-state index in [2.05, 4.69) is 10.3 Å². The van der Waals surface area contributed by atoms with Crippen molar-refractivity contribution in [1.29, 1.82) is 0 Å². The highest BCUT2D eigenvalue weighted by molar-refractivity contribution is 7.17. The molecule has 1 N–H and O–H groups in total. The fourth-order valence-corrected chi connectivity index (χ4v) is 3.29. The number of thiazole rings is 1. The van der Waals surface area contributed by atoms with Gasteiger partial charge in [0.15, 0.2) is 0 Å². The van der Waals surface area contributed by atoms with Crippen molar-refractivity contribution in [3.63, 3.8) is 0 Å². The van der Waals surface area contributed by atoms with Crippen molar-refractivity contribution >= 4 is 23.4 Å². The van der Waals surface area contributed by atoms with Crippen molar-refractivity contribution in [1.82, 2.24) is 10.3 Å². The number of rotatable bonds is 7. The Labute approximate surface area is 162 Å². The molecule has 27 heavy (non-hydrogen) atoms. The number of ether oxygens (including phenoxy) is 3. The summed E-state index contributed by atoms with van der Waals surface area (Å²) in [6, 6.07) is 5.54. The Morgan fingerprint density at radius 1 is 1.26 bits per heavy atom. The Balaban J connectivity index is 2.20. The SMILES string of the molecule is COC(=O)c1sc(-c2ccc(OC)c(CNC(=O)OCC(C)C)c2)nc1C. The van der Waals surface area contributed by atoms with Crippen molar-refractivity contribution in [2.45, 2.75) is 27.3 Å². The summed E-state index contributed by atoms with van der Waals surface area (Å²) in [5.74, 6) is 0.509. The van der Waals surface area contributed by atoms with Gasteiger partial charge < -0.3 is 19.5 Å². The molecule has 2 aromatic rings. The highest BCUT2D eigenvalue weighted by atomic mass is 32.1. The van der Waals surface area contributed by atoms with Crippen LogP contribution in [-0.2, 0) is 16.0 Å². The van der Waals surface area contributed by atoms with Gasteiger partial charge in [-0.25, -0.2) is 14.6 Å². The molecule has 1 amide bonds. The van der Waals surface area contributed by atoms with Crippen LogP contribution in [0.4, 0.5) is 4.79 Å². The molecule has 146 valence electrons. The zero-order valence-electron chi connectivity index (χ0n) is 16.1. The lowest BCUT2D eigenvalue weighted by atomic mass is 10.1.